The van der Waals surface area contributed by atoms with Crippen LogP contribution in [0.25, 0.3) is 0 Å². The zero-order valence-corrected chi connectivity index (χ0v) is 18.3. The molecule has 1 amide bonds. The first kappa shape index (κ1) is 24.7. The summed E-state index contributed by atoms with van der Waals surface area (Å²) in [7, 11) is 0. The highest BCUT2D eigenvalue weighted by molar-refractivity contribution is 5.75. The monoisotopic (exact) mass is 473 g/mol. The molecular formula is C20H26F3N5O5. The van der Waals surface area contributed by atoms with E-state index in [1.54, 1.807) is 0 Å². The number of aliphatic carboxylic acids is 1. The van der Waals surface area contributed by atoms with Crippen molar-refractivity contribution in [3.05, 3.63) is 35.0 Å². The van der Waals surface area contributed by atoms with Crippen LogP contribution >= 0.6 is 0 Å². The Labute approximate surface area is 187 Å². The summed E-state index contributed by atoms with van der Waals surface area (Å²) in [5.41, 5.74) is 3.18. The van der Waals surface area contributed by atoms with Gasteiger partial charge in [-0.1, -0.05) is 5.16 Å². The number of hydrogen-bond donors (Lipinski definition) is 1. The molecule has 4 heterocycles. The molecule has 13 heteroatoms. The summed E-state index contributed by atoms with van der Waals surface area (Å²) >= 11 is 0. The summed E-state index contributed by atoms with van der Waals surface area (Å²) in [6, 6.07) is 2.03. The van der Waals surface area contributed by atoms with Crippen molar-refractivity contribution in [3.8, 4) is 0 Å². The van der Waals surface area contributed by atoms with Crippen LogP contribution in [-0.4, -0.2) is 67.8 Å². The Bertz CT molecular complexity index is 948. The minimum Gasteiger partial charge on any atom is -0.475 e. The Morgan fingerprint density at radius 1 is 1.27 bits per heavy atom. The number of halogens is 3. The number of carboxylic acids is 1. The maximum Gasteiger partial charge on any atom is 0.490 e. The van der Waals surface area contributed by atoms with Gasteiger partial charge in [-0.15, -0.1) is 0 Å². The third-order valence-corrected chi connectivity index (χ3v) is 5.45. The SMILES string of the molecule is Cc1noc(C)c1CN1Cc2ccnn2C(CC(=O)N2CCCCO2)C1.O=C(O)C(F)(F)F. The van der Waals surface area contributed by atoms with E-state index in [0.29, 0.717) is 19.6 Å². The molecule has 1 fully saturated rings. The van der Waals surface area contributed by atoms with Gasteiger partial charge in [-0.25, -0.2) is 9.86 Å². The third kappa shape index (κ3) is 6.32. The molecule has 0 spiro atoms. The molecule has 10 nitrogen and oxygen atoms in total. The van der Waals surface area contributed by atoms with Crippen molar-refractivity contribution in [1.82, 2.24) is 24.9 Å². The molecule has 0 saturated carbocycles. The molecule has 0 aliphatic carbocycles. The summed E-state index contributed by atoms with van der Waals surface area (Å²) in [5, 5.41) is 17.2. The first-order chi connectivity index (χ1) is 15.6. The lowest BCUT2D eigenvalue weighted by Crippen LogP contribution is -2.42. The van der Waals surface area contributed by atoms with Gasteiger partial charge in [-0.2, -0.15) is 18.3 Å². The number of fused-ring (bicyclic) bond motifs is 1. The summed E-state index contributed by atoms with van der Waals surface area (Å²) in [4.78, 5) is 29.4. The first-order valence-corrected chi connectivity index (χ1v) is 10.5. The van der Waals surface area contributed by atoms with Gasteiger partial charge in [0.05, 0.1) is 30.5 Å². The van der Waals surface area contributed by atoms with Gasteiger partial charge in [0, 0.05) is 37.9 Å². The molecule has 0 bridgehead atoms. The molecule has 2 aliphatic heterocycles. The van der Waals surface area contributed by atoms with Crippen molar-refractivity contribution < 1.29 is 37.2 Å². The van der Waals surface area contributed by atoms with Crippen LogP contribution in [0.5, 0.6) is 0 Å². The number of aromatic nitrogens is 3. The molecule has 1 atom stereocenters. The first-order valence-electron chi connectivity index (χ1n) is 10.5. The zero-order valence-electron chi connectivity index (χ0n) is 18.3. The molecule has 2 aromatic heterocycles. The van der Waals surface area contributed by atoms with Gasteiger partial charge in [0.2, 0.25) is 5.91 Å². The fourth-order valence-corrected chi connectivity index (χ4v) is 3.78. The van der Waals surface area contributed by atoms with Gasteiger partial charge in [0.1, 0.15) is 5.76 Å². The van der Waals surface area contributed by atoms with E-state index in [1.807, 2.05) is 30.8 Å². The maximum atomic E-state index is 12.6. The van der Waals surface area contributed by atoms with Gasteiger partial charge in [-0.05, 0) is 32.8 Å². The van der Waals surface area contributed by atoms with E-state index >= 15 is 0 Å². The van der Waals surface area contributed by atoms with E-state index in [0.717, 1.165) is 55.2 Å². The predicted octanol–water partition coefficient (Wildman–Crippen LogP) is 2.62. The molecule has 0 aromatic carbocycles. The van der Waals surface area contributed by atoms with Gasteiger partial charge >= 0.3 is 12.1 Å². The number of hydrogen-bond acceptors (Lipinski definition) is 7. The van der Waals surface area contributed by atoms with Crippen LogP contribution in [0.15, 0.2) is 16.8 Å². The zero-order chi connectivity index (χ0) is 24.2. The van der Waals surface area contributed by atoms with E-state index in [1.165, 1.54) is 5.06 Å². The van der Waals surface area contributed by atoms with E-state index in [-0.39, 0.29) is 11.9 Å². The van der Waals surface area contributed by atoms with Crippen LogP contribution in [0.3, 0.4) is 0 Å². The molecule has 1 N–H and O–H groups in total. The summed E-state index contributed by atoms with van der Waals surface area (Å²) < 4.78 is 39.0. The average molecular weight is 473 g/mol. The number of aryl methyl sites for hydroxylation is 2. The Morgan fingerprint density at radius 2 is 2.00 bits per heavy atom. The topological polar surface area (TPSA) is 114 Å². The Morgan fingerprint density at radius 3 is 2.58 bits per heavy atom. The lowest BCUT2D eigenvalue weighted by atomic mass is 10.1. The van der Waals surface area contributed by atoms with Crippen molar-refractivity contribution in [2.24, 2.45) is 0 Å². The largest absolute Gasteiger partial charge is 0.490 e. The number of carbonyl (C=O) groups excluding carboxylic acids is 1. The number of hydroxylamine groups is 2. The van der Waals surface area contributed by atoms with E-state index in [4.69, 9.17) is 19.3 Å². The quantitative estimate of drug-likeness (QED) is 0.721. The van der Waals surface area contributed by atoms with Crippen LogP contribution in [-0.2, 0) is 27.5 Å². The lowest BCUT2D eigenvalue weighted by molar-refractivity contribution is -0.198. The lowest BCUT2D eigenvalue weighted by Gasteiger charge is -2.35. The highest BCUT2D eigenvalue weighted by Crippen LogP contribution is 2.27. The van der Waals surface area contributed by atoms with Crippen LogP contribution in [0.2, 0.25) is 0 Å². The predicted molar refractivity (Wildman–Crippen MR) is 107 cm³/mol. The van der Waals surface area contributed by atoms with Crippen LogP contribution < -0.4 is 0 Å². The third-order valence-electron chi connectivity index (χ3n) is 5.45. The van der Waals surface area contributed by atoms with Crippen LogP contribution in [0, 0.1) is 13.8 Å². The number of alkyl halides is 3. The van der Waals surface area contributed by atoms with Gasteiger partial charge in [0.15, 0.2) is 0 Å². The number of carboxylic acid groups (broad SMARTS) is 1. The van der Waals surface area contributed by atoms with E-state index in [2.05, 4.69) is 15.2 Å². The second-order valence-electron chi connectivity index (χ2n) is 7.94. The minimum absolute atomic E-state index is 0.00671. The van der Waals surface area contributed by atoms with Crippen molar-refractivity contribution in [3.63, 3.8) is 0 Å². The number of carbonyl (C=O) groups is 2. The minimum atomic E-state index is -5.08. The van der Waals surface area contributed by atoms with Crippen molar-refractivity contribution in [1.29, 1.82) is 0 Å². The summed E-state index contributed by atoms with van der Waals surface area (Å²) in [6.45, 7) is 7.54. The highest BCUT2D eigenvalue weighted by Gasteiger charge is 2.38. The van der Waals surface area contributed by atoms with Gasteiger partial charge < -0.3 is 9.63 Å². The fourth-order valence-electron chi connectivity index (χ4n) is 3.78. The highest BCUT2D eigenvalue weighted by atomic mass is 19.4. The molecule has 1 saturated heterocycles. The van der Waals surface area contributed by atoms with Crippen molar-refractivity contribution in [2.45, 2.75) is 58.4 Å². The molecule has 4 rings (SSSR count). The molecule has 182 valence electrons. The van der Waals surface area contributed by atoms with Crippen molar-refractivity contribution in [2.75, 3.05) is 19.7 Å². The normalized spacial score (nSPS) is 18.9. The standard InChI is InChI=1S/C18H25N5O3.C2HF3O2/c1-13-17(14(2)26-20-13)12-21-10-15-5-6-19-23(15)16(11-21)9-18(24)22-7-3-4-8-25-22;3-2(4,5)1(6)7/h5-6,16H,3-4,7-12H2,1-2H3;(H,6,7). The van der Waals surface area contributed by atoms with E-state index in [9.17, 15) is 18.0 Å². The second kappa shape index (κ2) is 10.3. The van der Waals surface area contributed by atoms with Gasteiger partial charge in [-0.3, -0.25) is 19.2 Å². The molecule has 1 unspecified atom stereocenters. The molecule has 2 aromatic rings. The average Bonchev–Trinajstić information content (AvgIpc) is 3.36. The van der Waals surface area contributed by atoms with Gasteiger partial charge in [0.25, 0.3) is 0 Å². The van der Waals surface area contributed by atoms with Crippen molar-refractivity contribution >= 4 is 11.9 Å². The van der Waals surface area contributed by atoms with E-state index < -0.39 is 12.1 Å². The number of amides is 1. The fraction of sp³-hybridized carbons (Fsp3) is 0.600. The molecular weight excluding hydrogens is 447 g/mol. The summed E-state index contributed by atoms with van der Waals surface area (Å²) in [5.74, 6) is -1.86. The Hall–Kier alpha value is -2.93. The molecule has 0 radical (unpaired) electrons. The number of rotatable bonds is 4. The van der Waals surface area contributed by atoms with Crippen LogP contribution in [0.1, 0.15) is 48.0 Å². The Balaban J connectivity index is 0.000000383. The Kier molecular flexibility index (Phi) is 7.74. The molecule has 33 heavy (non-hydrogen) atoms. The molecule has 2 aliphatic rings. The smallest absolute Gasteiger partial charge is 0.475 e. The number of nitrogens with zero attached hydrogens (tertiary/aromatic N) is 5. The maximum absolute atomic E-state index is 12.6. The second-order valence-corrected chi connectivity index (χ2v) is 7.94. The van der Waals surface area contributed by atoms with Crippen LogP contribution in [0.4, 0.5) is 13.2 Å². The summed E-state index contributed by atoms with van der Waals surface area (Å²) in [6.07, 6.45) is -0.861.